The van der Waals surface area contributed by atoms with E-state index in [1.54, 1.807) is 48.5 Å². The normalized spacial score (nSPS) is 12.7. The minimum Gasteiger partial charge on any atom is -0.477 e. The number of aryl methyl sites for hydroxylation is 3. The summed E-state index contributed by atoms with van der Waals surface area (Å²) in [5.41, 5.74) is 15.1. The summed E-state index contributed by atoms with van der Waals surface area (Å²) in [6.07, 6.45) is -1.94. The number of carboxylic acids is 1. The lowest BCUT2D eigenvalue weighted by molar-refractivity contribution is -0.360. The van der Waals surface area contributed by atoms with E-state index >= 15 is 0 Å². The van der Waals surface area contributed by atoms with Gasteiger partial charge in [0, 0.05) is 69.9 Å². The smallest absolute Gasteiger partial charge is 0.413 e. The van der Waals surface area contributed by atoms with Crippen molar-refractivity contribution in [3.8, 4) is 33.4 Å². The fourth-order valence-corrected chi connectivity index (χ4v) is 14.9. The number of thiazole rings is 3. The van der Waals surface area contributed by atoms with Gasteiger partial charge >= 0.3 is 24.2 Å². The van der Waals surface area contributed by atoms with Crippen LogP contribution in [0.3, 0.4) is 0 Å². The van der Waals surface area contributed by atoms with Gasteiger partial charge in [-0.1, -0.05) is 180 Å². The van der Waals surface area contributed by atoms with Crippen LogP contribution in [-0.4, -0.2) is 124 Å². The number of amides is 3. The van der Waals surface area contributed by atoms with Crippen molar-refractivity contribution in [1.29, 1.82) is 0 Å². The summed E-state index contributed by atoms with van der Waals surface area (Å²) in [5.74, 6) is -5.24. The van der Waals surface area contributed by atoms with E-state index in [4.69, 9.17) is 38.3 Å². The molecule has 0 bridgehead atoms. The number of Topliss-reactive ketones (excluding diaryl/α,β-unsaturated/α-hetero) is 2. The van der Waals surface area contributed by atoms with E-state index in [1.165, 1.54) is 0 Å². The van der Waals surface area contributed by atoms with E-state index in [0.29, 0.717) is 26.8 Å². The van der Waals surface area contributed by atoms with Gasteiger partial charge in [-0.15, -0.1) is 0 Å². The molecule has 12 rings (SSSR count). The van der Waals surface area contributed by atoms with Crippen molar-refractivity contribution in [3.05, 3.63) is 211 Å². The fourth-order valence-electron chi connectivity index (χ4n) is 12.3. The molecule has 3 aliphatic carbocycles. The van der Waals surface area contributed by atoms with E-state index < -0.39 is 36.2 Å². The van der Waals surface area contributed by atoms with Crippen LogP contribution < -0.4 is 16.0 Å². The van der Waals surface area contributed by atoms with Crippen LogP contribution in [0.5, 0.6) is 0 Å². The Morgan fingerprint density at radius 3 is 0.859 bits per heavy atom. The van der Waals surface area contributed by atoms with Crippen LogP contribution in [-0.2, 0) is 33.2 Å². The zero-order valence-electron chi connectivity index (χ0n) is 55.6. The maximum atomic E-state index is 12.8. The minimum absolute atomic E-state index is 0.00389. The number of hydrogen-bond acceptors (Lipinski definition) is 21. The van der Waals surface area contributed by atoms with Gasteiger partial charge in [0.05, 0.1) is 26.8 Å². The number of rotatable bonds is 26. The quantitative estimate of drug-likeness (QED) is 0.0167. The Balaban J connectivity index is 0.000000162. The number of carbonyl (C=O) groups excluding carboxylic acids is 5. The lowest BCUT2D eigenvalue weighted by atomic mass is 9.98. The van der Waals surface area contributed by atoms with Crippen LogP contribution in [0, 0.1) is 20.8 Å². The third-order valence-corrected chi connectivity index (χ3v) is 19.9. The van der Waals surface area contributed by atoms with Crippen LogP contribution in [0.4, 0.5) is 29.8 Å². The van der Waals surface area contributed by atoms with E-state index in [-0.39, 0.29) is 122 Å². The predicted octanol–water partition coefficient (Wildman–Crippen LogP) is 15.5. The van der Waals surface area contributed by atoms with E-state index in [2.05, 4.69) is 91.6 Å². The number of aromatic carboxylic acids is 1. The summed E-state index contributed by atoms with van der Waals surface area (Å²) in [6.45, 7) is 13.5. The van der Waals surface area contributed by atoms with Gasteiger partial charge in [0.2, 0.25) is 0 Å². The number of fused-ring (bicyclic) bond motifs is 9. The molecule has 0 saturated carbocycles. The summed E-state index contributed by atoms with van der Waals surface area (Å²) in [7, 11) is 0. The number of ketones is 2. The van der Waals surface area contributed by atoms with Crippen molar-refractivity contribution < 1.29 is 77.2 Å². The molecule has 0 atom stereocenters. The summed E-state index contributed by atoms with van der Waals surface area (Å²) in [5, 5.41) is 38.4. The van der Waals surface area contributed by atoms with Crippen LogP contribution >= 0.6 is 34.0 Å². The van der Waals surface area contributed by atoms with Crippen molar-refractivity contribution in [3.63, 3.8) is 0 Å². The molecule has 0 aliphatic heterocycles. The number of carboxylic acid groups (broad SMARTS) is 1. The topological polar surface area (TPSA) is 302 Å². The fraction of sp³-hybridized carbons (Fsp3) is 0.311. The number of nitrogens with zero attached hydrogens (tertiary/aromatic N) is 3. The van der Waals surface area contributed by atoms with Crippen molar-refractivity contribution in [1.82, 2.24) is 15.0 Å². The highest BCUT2D eigenvalue weighted by atomic mass is 32.1. The molecule has 0 spiro atoms. The number of benzene rings is 6. The molecule has 0 unspecified atom stereocenters. The van der Waals surface area contributed by atoms with Crippen molar-refractivity contribution in [2.24, 2.45) is 0 Å². The highest BCUT2D eigenvalue weighted by Crippen LogP contribution is 2.47. The molecule has 3 amide bonds. The number of anilines is 3. The van der Waals surface area contributed by atoms with Gasteiger partial charge < -0.3 is 48.5 Å². The average molecular weight is 1400 g/mol. The third-order valence-electron chi connectivity index (χ3n) is 16.6. The lowest BCUT2D eigenvalue weighted by Crippen LogP contribution is -2.36. The second kappa shape index (κ2) is 33.0. The minimum atomic E-state index is -1.81. The second-order valence-electron chi connectivity index (χ2n) is 23.0. The first kappa shape index (κ1) is 72.3. The molecule has 22 nitrogen and oxygen atoms in total. The Kier molecular flexibility index (Phi) is 24.1. The molecule has 9 aromatic rings. The SMILES string of the molecule is CCOC(O)(CCC(=O)c1sc(NC(=O)OCC2c3ccccc3-c3ccccc32)nc1C)OCC.CCOC(O)(CCC(=O)c1sc(NC(=O)OCC2c3ccccc3-c3ccccc32)nc1C)OCC.Cc1nc(NC(=O)OCC2c3ccccc3-c3ccccc32)sc1C(=O)O. The summed E-state index contributed by atoms with van der Waals surface area (Å²) < 4.78 is 37.6. The Bertz CT molecular complexity index is 4060. The van der Waals surface area contributed by atoms with E-state index in [9.17, 15) is 39.0 Å². The Hall–Kier alpha value is -9.41. The molecule has 516 valence electrons. The van der Waals surface area contributed by atoms with Crippen LogP contribution in [0.1, 0.15) is 151 Å². The molecule has 3 aliphatic rings. The molecule has 25 heteroatoms. The molecule has 6 N–H and O–H groups in total. The van der Waals surface area contributed by atoms with Gasteiger partial charge in [-0.2, -0.15) is 0 Å². The highest BCUT2D eigenvalue weighted by Gasteiger charge is 2.35. The third kappa shape index (κ3) is 17.4. The molecular weight excluding hydrogens is 1330 g/mol. The number of aromatic nitrogens is 3. The number of ether oxygens (including phenoxy) is 7. The largest absolute Gasteiger partial charge is 0.477 e. The maximum Gasteiger partial charge on any atom is 0.413 e. The van der Waals surface area contributed by atoms with Crippen LogP contribution in [0.25, 0.3) is 33.4 Å². The van der Waals surface area contributed by atoms with Gasteiger partial charge in [0.15, 0.2) is 27.0 Å². The highest BCUT2D eigenvalue weighted by molar-refractivity contribution is 7.18. The number of hydrogen-bond donors (Lipinski definition) is 6. The maximum absolute atomic E-state index is 12.8. The number of nitrogens with one attached hydrogen (secondary N) is 3. The predicted molar refractivity (Wildman–Crippen MR) is 377 cm³/mol. The number of aliphatic hydroxyl groups is 2. The van der Waals surface area contributed by atoms with Crippen LogP contribution in [0.15, 0.2) is 146 Å². The molecule has 3 heterocycles. The van der Waals surface area contributed by atoms with Gasteiger partial charge in [-0.05, 0) is 115 Å². The molecular formula is C74H76N6O16S3. The van der Waals surface area contributed by atoms with Crippen LogP contribution in [0.2, 0.25) is 0 Å². The van der Waals surface area contributed by atoms with Gasteiger partial charge in [0.1, 0.15) is 24.7 Å². The molecule has 0 saturated heterocycles. The van der Waals surface area contributed by atoms with E-state index in [0.717, 1.165) is 101 Å². The standard InChI is InChI=1S/2C27H30N2O6S.C20H16N2O4S/c2*1-4-34-27(32,35-5-2)15-14-23(30)24-17(3)28-25(36-24)29-26(31)33-16-22-20-12-8-6-10-18(20)19-11-7-9-13-21(19)22;1-11-17(18(23)24)27-19(21-11)22-20(25)26-10-16-14-8-4-2-6-12(14)13-7-3-5-9-15(13)16/h2*6-13,22,32H,4-5,14-16H2,1-3H3,(H,28,29,31);2-9,16H,10H2,1H3,(H,23,24)(H,21,22,25). The first-order chi connectivity index (χ1) is 47.7. The molecule has 99 heavy (non-hydrogen) atoms. The molecule has 0 radical (unpaired) electrons. The lowest BCUT2D eigenvalue weighted by Gasteiger charge is -2.26. The van der Waals surface area contributed by atoms with E-state index in [1.807, 2.05) is 84.9 Å². The number of carbonyl (C=O) groups is 6. The summed E-state index contributed by atoms with van der Waals surface area (Å²) in [6, 6.07) is 48.7. The molecule has 3 aromatic heterocycles. The average Bonchev–Trinajstić information content (AvgIpc) is 1.64. The van der Waals surface area contributed by atoms with Crippen molar-refractivity contribution in [2.75, 3.05) is 62.2 Å². The summed E-state index contributed by atoms with van der Waals surface area (Å²) >= 11 is 3.05. The molecule has 0 fully saturated rings. The summed E-state index contributed by atoms with van der Waals surface area (Å²) in [4.78, 5) is 87.5. The zero-order chi connectivity index (χ0) is 70.4. The second-order valence-corrected chi connectivity index (χ2v) is 26.0. The van der Waals surface area contributed by atoms with Gasteiger partial charge in [0.25, 0.3) is 11.9 Å². The Morgan fingerprint density at radius 1 is 0.394 bits per heavy atom. The van der Waals surface area contributed by atoms with Crippen molar-refractivity contribution >= 4 is 85.2 Å². The first-order valence-corrected chi connectivity index (χ1v) is 34.8. The monoisotopic (exact) mass is 1400 g/mol. The Labute approximate surface area is 584 Å². The van der Waals surface area contributed by atoms with Crippen molar-refractivity contribution in [2.45, 2.75) is 104 Å². The zero-order valence-corrected chi connectivity index (χ0v) is 58.0. The van der Waals surface area contributed by atoms with Gasteiger partial charge in [-0.25, -0.2) is 34.1 Å². The Morgan fingerprint density at radius 2 is 0.626 bits per heavy atom. The van der Waals surface area contributed by atoms with Gasteiger partial charge in [-0.3, -0.25) is 25.5 Å². The first-order valence-electron chi connectivity index (χ1n) is 32.3. The molecule has 6 aromatic carbocycles.